The van der Waals surface area contributed by atoms with Crippen molar-refractivity contribution < 1.29 is 14.4 Å². The van der Waals surface area contributed by atoms with Gasteiger partial charge in [0.2, 0.25) is 17.7 Å². The van der Waals surface area contributed by atoms with Crippen molar-refractivity contribution in [3.8, 4) is 0 Å². The van der Waals surface area contributed by atoms with Gasteiger partial charge < -0.3 is 20.5 Å². The van der Waals surface area contributed by atoms with Gasteiger partial charge in [0.05, 0.1) is 0 Å². The Hall–Kier alpha value is -3.35. The molecule has 3 amide bonds. The van der Waals surface area contributed by atoms with E-state index in [0.717, 1.165) is 28.6 Å². The molecule has 0 fully saturated rings. The van der Waals surface area contributed by atoms with Crippen molar-refractivity contribution in [3.63, 3.8) is 0 Å². The first kappa shape index (κ1) is 27.9. The van der Waals surface area contributed by atoms with Gasteiger partial charge in [0, 0.05) is 48.8 Å². The number of H-pyrrole nitrogens is 1. The first-order valence-electron chi connectivity index (χ1n) is 12.2. The SMILES string of the molecule is CC(=O)N[C@H](C(=O)N(C)[C@@H](C(=O)N/C=C/c1c(CC=C(C)C)[nH]c2ccccc12)C(C)C)C(C)C. The Morgan fingerprint density at radius 2 is 1.69 bits per heavy atom. The number of hydrogen-bond donors (Lipinski definition) is 3. The van der Waals surface area contributed by atoms with Gasteiger partial charge in [-0.05, 0) is 37.8 Å². The molecule has 0 unspecified atom stereocenters. The largest absolute Gasteiger partial charge is 0.358 e. The zero-order valence-electron chi connectivity index (χ0n) is 22.2. The number of likely N-dealkylation sites (N-methyl/N-ethyl adjacent to an activating group) is 1. The Morgan fingerprint density at radius 3 is 2.26 bits per heavy atom. The number of amides is 3. The average Bonchev–Trinajstić information content (AvgIpc) is 3.12. The highest BCUT2D eigenvalue weighted by atomic mass is 16.2. The van der Waals surface area contributed by atoms with Gasteiger partial charge in [-0.3, -0.25) is 14.4 Å². The smallest absolute Gasteiger partial charge is 0.246 e. The summed E-state index contributed by atoms with van der Waals surface area (Å²) in [5, 5.41) is 6.67. The number of nitrogens with one attached hydrogen (secondary N) is 3. The molecule has 0 aliphatic heterocycles. The Balaban J connectivity index is 2.25. The molecule has 35 heavy (non-hydrogen) atoms. The van der Waals surface area contributed by atoms with Crippen LogP contribution in [0.2, 0.25) is 0 Å². The fraction of sp³-hybridized carbons (Fsp3) is 0.464. The minimum atomic E-state index is -0.689. The number of para-hydroxylation sites is 1. The molecule has 2 aromatic rings. The molecule has 7 heteroatoms. The first-order chi connectivity index (χ1) is 16.4. The van der Waals surface area contributed by atoms with Crippen LogP contribution in [-0.4, -0.2) is 46.7 Å². The molecule has 7 nitrogen and oxygen atoms in total. The maximum absolute atomic E-state index is 13.2. The van der Waals surface area contributed by atoms with E-state index in [-0.39, 0.29) is 29.6 Å². The number of allylic oxidation sites excluding steroid dienone is 2. The van der Waals surface area contributed by atoms with Crippen molar-refractivity contribution >= 4 is 34.7 Å². The molecule has 0 saturated carbocycles. The normalized spacial score (nSPS) is 13.2. The van der Waals surface area contributed by atoms with Gasteiger partial charge >= 0.3 is 0 Å². The van der Waals surface area contributed by atoms with E-state index in [1.54, 1.807) is 13.2 Å². The summed E-state index contributed by atoms with van der Waals surface area (Å²) in [6.07, 6.45) is 6.47. The molecule has 0 aliphatic rings. The van der Waals surface area contributed by atoms with Crippen LogP contribution in [0.15, 0.2) is 42.1 Å². The van der Waals surface area contributed by atoms with Crippen LogP contribution in [0, 0.1) is 11.8 Å². The van der Waals surface area contributed by atoms with Crippen molar-refractivity contribution in [2.45, 2.75) is 67.0 Å². The molecule has 1 aromatic carbocycles. The number of aromatic nitrogens is 1. The zero-order chi connectivity index (χ0) is 26.3. The number of fused-ring (bicyclic) bond motifs is 1. The Kier molecular flexibility index (Phi) is 9.87. The summed E-state index contributed by atoms with van der Waals surface area (Å²) in [5.41, 5.74) is 4.37. The lowest BCUT2D eigenvalue weighted by Crippen LogP contribution is -2.56. The third-order valence-corrected chi connectivity index (χ3v) is 5.97. The zero-order valence-corrected chi connectivity index (χ0v) is 22.2. The number of rotatable bonds is 10. The summed E-state index contributed by atoms with van der Waals surface area (Å²) in [6.45, 7) is 13.1. The Morgan fingerprint density at radius 1 is 1.03 bits per heavy atom. The lowest BCUT2D eigenvalue weighted by Gasteiger charge is -2.33. The molecular weight excluding hydrogens is 440 g/mol. The standard InChI is InChI=1S/C28H40N4O3/c1-17(2)13-14-24-22(21-11-9-10-12-23(21)31-24)15-16-29-27(34)26(19(5)6)32(8)28(35)25(18(3)4)30-20(7)33/h9-13,15-16,18-19,25-26,31H,14H2,1-8H3,(H,29,34)(H,30,33)/b16-15+/t25-,26+/m0/s1. The van der Waals surface area contributed by atoms with E-state index in [9.17, 15) is 14.4 Å². The second-order valence-electron chi connectivity index (χ2n) is 9.95. The summed E-state index contributed by atoms with van der Waals surface area (Å²) in [7, 11) is 1.62. The number of hydrogen-bond acceptors (Lipinski definition) is 3. The van der Waals surface area contributed by atoms with Gasteiger partial charge in [-0.15, -0.1) is 0 Å². The minimum absolute atomic E-state index is 0.106. The van der Waals surface area contributed by atoms with E-state index >= 15 is 0 Å². The van der Waals surface area contributed by atoms with Gasteiger partial charge in [-0.2, -0.15) is 0 Å². The van der Waals surface area contributed by atoms with E-state index in [2.05, 4.69) is 41.6 Å². The second kappa shape index (κ2) is 12.4. The molecule has 0 aliphatic carbocycles. The van der Waals surface area contributed by atoms with Crippen molar-refractivity contribution in [2.75, 3.05) is 7.05 Å². The molecule has 3 N–H and O–H groups in total. The Bertz CT molecular complexity index is 1110. The molecular formula is C28H40N4O3. The van der Waals surface area contributed by atoms with Gasteiger partial charge in [-0.25, -0.2) is 0 Å². The summed E-state index contributed by atoms with van der Waals surface area (Å²) in [5.74, 6) is -1.06. The minimum Gasteiger partial charge on any atom is -0.358 e. The van der Waals surface area contributed by atoms with Crippen LogP contribution in [0.5, 0.6) is 0 Å². The molecule has 1 heterocycles. The highest BCUT2D eigenvalue weighted by Gasteiger charge is 2.34. The molecule has 1 aromatic heterocycles. The third kappa shape index (κ3) is 7.31. The topological polar surface area (TPSA) is 94.3 Å². The average molecular weight is 481 g/mol. The van der Waals surface area contributed by atoms with Crippen LogP contribution >= 0.6 is 0 Å². The first-order valence-corrected chi connectivity index (χ1v) is 12.2. The third-order valence-electron chi connectivity index (χ3n) is 5.97. The van der Waals surface area contributed by atoms with Gasteiger partial charge in [0.1, 0.15) is 12.1 Å². The summed E-state index contributed by atoms with van der Waals surface area (Å²) < 4.78 is 0. The molecule has 2 rings (SSSR count). The molecule has 2 atom stereocenters. The molecule has 0 radical (unpaired) electrons. The van der Waals surface area contributed by atoms with Gasteiger partial charge in [0.25, 0.3) is 0 Å². The van der Waals surface area contributed by atoms with Crippen LogP contribution in [0.25, 0.3) is 17.0 Å². The van der Waals surface area contributed by atoms with Gasteiger partial charge in [-0.1, -0.05) is 57.5 Å². The second-order valence-corrected chi connectivity index (χ2v) is 9.95. The number of nitrogens with zero attached hydrogens (tertiary/aromatic N) is 1. The summed E-state index contributed by atoms with van der Waals surface area (Å²) in [6, 6.07) is 6.70. The van der Waals surface area contributed by atoms with Crippen molar-refractivity contribution in [3.05, 3.63) is 53.4 Å². The maximum Gasteiger partial charge on any atom is 0.246 e. The van der Waals surface area contributed by atoms with Crippen LogP contribution in [0.3, 0.4) is 0 Å². The highest BCUT2D eigenvalue weighted by Crippen LogP contribution is 2.24. The molecule has 0 saturated heterocycles. The van der Waals surface area contributed by atoms with Gasteiger partial charge in [0.15, 0.2) is 0 Å². The molecule has 0 bridgehead atoms. The number of carbonyl (C=O) groups is 3. The van der Waals surface area contributed by atoms with E-state index in [4.69, 9.17) is 0 Å². The quantitative estimate of drug-likeness (QED) is 0.440. The lowest BCUT2D eigenvalue weighted by molar-refractivity contribution is -0.143. The van der Waals surface area contributed by atoms with E-state index in [1.165, 1.54) is 17.4 Å². The van der Waals surface area contributed by atoms with Crippen molar-refractivity contribution in [2.24, 2.45) is 11.8 Å². The number of carbonyl (C=O) groups excluding carboxylic acids is 3. The van der Waals surface area contributed by atoms with E-state index in [0.29, 0.717) is 0 Å². The van der Waals surface area contributed by atoms with E-state index in [1.807, 2.05) is 52.0 Å². The number of benzene rings is 1. The van der Waals surface area contributed by atoms with Crippen LogP contribution < -0.4 is 10.6 Å². The Labute approximate surface area is 209 Å². The summed E-state index contributed by atoms with van der Waals surface area (Å²) >= 11 is 0. The van der Waals surface area contributed by atoms with Crippen LogP contribution in [0.4, 0.5) is 0 Å². The van der Waals surface area contributed by atoms with Crippen LogP contribution in [0.1, 0.15) is 59.7 Å². The predicted molar refractivity (Wildman–Crippen MR) is 142 cm³/mol. The van der Waals surface area contributed by atoms with Crippen molar-refractivity contribution in [1.29, 1.82) is 0 Å². The van der Waals surface area contributed by atoms with Crippen molar-refractivity contribution in [1.82, 2.24) is 20.5 Å². The predicted octanol–water partition coefficient (Wildman–Crippen LogP) is 4.41. The fourth-order valence-electron chi connectivity index (χ4n) is 4.18. The van der Waals surface area contributed by atoms with E-state index < -0.39 is 12.1 Å². The number of aromatic amines is 1. The summed E-state index contributed by atoms with van der Waals surface area (Å²) in [4.78, 5) is 42.9. The molecule has 0 spiro atoms. The fourth-order valence-corrected chi connectivity index (χ4v) is 4.18. The highest BCUT2D eigenvalue weighted by molar-refractivity contribution is 5.93. The monoisotopic (exact) mass is 480 g/mol. The maximum atomic E-state index is 13.2. The lowest BCUT2D eigenvalue weighted by atomic mass is 9.98. The van der Waals surface area contributed by atoms with Crippen LogP contribution in [-0.2, 0) is 20.8 Å². The molecule has 190 valence electrons.